The fraction of sp³-hybridized carbons (Fsp3) is 0.172. The Morgan fingerprint density at radius 1 is 0.541 bits per heavy atom. The minimum atomic E-state index is -3.92. The van der Waals surface area contributed by atoms with Crippen LogP contribution in [0.15, 0.2) is 82.6 Å². The molecule has 0 amide bonds. The summed E-state index contributed by atoms with van der Waals surface area (Å²) in [5.74, 6) is 0. The zero-order valence-electron chi connectivity index (χ0n) is 21.0. The van der Waals surface area contributed by atoms with Gasteiger partial charge in [-0.1, -0.05) is 70.8 Å². The first-order valence-corrected chi connectivity index (χ1v) is 14.7. The quantitative estimate of drug-likeness (QED) is 0.230. The number of benzene rings is 4. The normalized spacial score (nSPS) is 12.6. The Kier molecular flexibility index (Phi) is 6.12. The summed E-state index contributed by atoms with van der Waals surface area (Å²) >= 11 is 0. The summed E-state index contributed by atoms with van der Waals surface area (Å²) in [6.45, 7) is 7.55. The maximum absolute atomic E-state index is 13.1. The van der Waals surface area contributed by atoms with Crippen molar-refractivity contribution in [3.63, 3.8) is 0 Å². The maximum Gasteiger partial charge on any atom is 0.123 e. The van der Waals surface area contributed by atoms with E-state index in [1.54, 1.807) is 48.5 Å². The SMILES string of the molecule is Cc1ccc([N-]S(=O)(=O)c2ccc3c(c2)Cc2cc(S(=O)(=O)[N-]c4ccc(C)cc4C)ccc2-3)c(C)c1. The van der Waals surface area contributed by atoms with Gasteiger partial charge < -0.3 is 9.44 Å². The van der Waals surface area contributed by atoms with E-state index in [1.807, 2.05) is 52.0 Å². The van der Waals surface area contributed by atoms with E-state index in [9.17, 15) is 16.8 Å². The van der Waals surface area contributed by atoms with Crippen molar-refractivity contribution in [2.24, 2.45) is 0 Å². The molecule has 0 aliphatic heterocycles. The van der Waals surface area contributed by atoms with Crippen molar-refractivity contribution in [3.05, 3.63) is 116 Å². The molecule has 1 aliphatic carbocycles. The summed E-state index contributed by atoms with van der Waals surface area (Å²) in [4.78, 5) is 0.216. The Labute approximate surface area is 218 Å². The third-order valence-electron chi connectivity index (χ3n) is 6.56. The van der Waals surface area contributed by atoms with Gasteiger partial charge in [0.05, 0.1) is 9.79 Å². The molecule has 0 saturated carbocycles. The van der Waals surface area contributed by atoms with Crippen LogP contribution in [0.2, 0.25) is 0 Å². The smallest absolute Gasteiger partial charge is 0.123 e. The zero-order chi connectivity index (χ0) is 26.5. The molecule has 4 aromatic rings. The summed E-state index contributed by atoms with van der Waals surface area (Å²) in [5, 5.41) is 0. The van der Waals surface area contributed by atoms with Gasteiger partial charge in [-0.3, -0.25) is 0 Å². The van der Waals surface area contributed by atoms with E-state index in [2.05, 4.69) is 9.44 Å². The predicted molar refractivity (Wildman–Crippen MR) is 147 cm³/mol. The van der Waals surface area contributed by atoms with Crippen LogP contribution in [-0.2, 0) is 26.5 Å². The highest BCUT2D eigenvalue weighted by Gasteiger charge is 2.22. The Hall–Kier alpha value is -3.62. The second kappa shape index (κ2) is 9.04. The molecule has 6 nitrogen and oxygen atoms in total. The Morgan fingerprint density at radius 2 is 0.946 bits per heavy atom. The molecule has 4 aromatic carbocycles. The average molecular weight is 531 g/mol. The molecule has 0 spiro atoms. The number of rotatable bonds is 6. The molecule has 0 bridgehead atoms. The van der Waals surface area contributed by atoms with E-state index in [4.69, 9.17) is 0 Å². The average Bonchev–Trinajstić information content (AvgIpc) is 3.20. The molecule has 0 fully saturated rings. The molecule has 0 aromatic heterocycles. The number of aryl methyl sites for hydroxylation is 4. The fourth-order valence-corrected chi connectivity index (χ4v) is 6.87. The first-order valence-electron chi connectivity index (χ1n) is 11.8. The van der Waals surface area contributed by atoms with Gasteiger partial charge in [0.15, 0.2) is 0 Å². The van der Waals surface area contributed by atoms with Crippen molar-refractivity contribution in [2.75, 3.05) is 0 Å². The lowest BCUT2D eigenvalue weighted by atomic mass is 10.1. The summed E-state index contributed by atoms with van der Waals surface area (Å²) in [6.07, 6.45) is 0.421. The van der Waals surface area contributed by atoms with Crippen LogP contribution in [0.4, 0.5) is 11.4 Å². The minimum Gasteiger partial charge on any atom is -0.572 e. The van der Waals surface area contributed by atoms with E-state index in [1.165, 1.54) is 0 Å². The topological polar surface area (TPSA) is 96.5 Å². The van der Waals surface area contributed by atoms with E-state index < -0.39 is 20.0 Å². The van der Waals surface area contributed by atoms with E-state index >= 15 is 0 Å². The second-order valence-electron chi connectivity index (χ2n) is 9.53. The first-order chi connectivity index (χ1) is 17.4. The summed E-state index contributed by atoms with van der Waals surface area (Å²) in [6, 6.07) is 20.8. The third kappa shape index (κ3) is 4.86. The lowest BCUT2D eigenvalue weighted by Gasteiger charge is -2.24. The molecular formula is C29H26N2O4S2-2. The van der Waals surface area contributed by atoms with Gasteiger partial charge in [-0.15, -0.1) is 11.4 Å². The molecule has 37 heavy (non-hydrogen) atoms. The van der Waals surface area contributed by atoms with Crippen molar-refractivity contribution in [1.29, 1.82) is 0 Å². The van der Waals surface area contributed by atoms with Crippen LogP contribution >= 0.6 is 0 Å². The lowest BCUT2D eigenvalue weighted by molar-refractivity contribution is 0.601. The van der Waals surface area contributed by atoms with Gasteiger partial charge >= 0.3 is 0 Å². The van der Waals surface area contributed by atoms with Gasteiger partial charge in [-0.25, -0.2) is 16.8 Å². The number of nitrogens with zero attached hydrogens (tertiary/aromatic N) is 2. The van der Waals surface area contributed by atoms with E-state index in [-0.39, 0.29) is 9.79 Å². The van der Waals surface area contributed by atoms with Crippen molar-refractivity contribution in [2.45, 2.75) is 43.9 Å². The van der Waals surface area contributed by atoms with Gasteiger partial charge in [0.1, 0.15) is 20.0 Å². The molecule has 1 aliphatic rings. The molecule has 0 radical (unpaired) electrons. The molecule has 0 unspecified atom stereocenters. The molecule has 0 N–H and O–H groups in total. The van der Waals surface area contributed by atoms with Crippen molar-refractivity contribution in [1.82, 2.24) is 0 Å². The summed E-state index contributed by atoms with van der Waals surface area (Å²) in [5.41, 5.74) is 7.87. The van der Waals surface area contributed by atoms with Gasteiger partial charge in [0, 0.05) is 0 Å². The van der Waals surface area contributed by atoms with Crippen LogP contribution in [0.25, 0.3) is 20.6 Å². The summed E-state index contributed by atoms with van der Waals surface area (Å²) < 4.78 is 60.4. The highest BCUT2D eigenvalue weighted by Crippen LogP contribution is 2.41. The highest BCUT2D eigenvalue weighted by atomic mass is 32.2. The molecule has 8 heteroatoms. The number of hydrogen-bond donors (Lipinski definition) is 0. The summed E-state index contributed by atoms with van der Waals surface area (Å²) in [7, 11) is -7.83. The molecule has 0 atom stereocenters. The lowest BCUT2D eigenvalue weighted by Crippen LogP contribution is -2.00. The second-order valence-corrected chi connectivity index (χ2v) is 12.7. The van der Waals surface area contributed by atoms with Crippen LogP contribution in [0.3, 0.4) is 0 Å². The van der Waals surface area contributed by atoms with Gasteiger partial charge in [0.25, 0.3) is 0 Å². The number of hydrogen-bond acceptors (Lipinski definition) is 4. The van der Waals surface area contributed by atoms with Gasteiger partial charge in [0.2, 0.25) is 0 Å². The van der Waals surface area contributed by atoms with Crippen LogP contribution in [-0.4, -0.2) is 16.8 Å². The largest absolute Gasteiger partial charge is 0.572 e. The number of sulfonamides is 2. The highest BCUT2D eigenvalue weighted by molar-refractivity contribution is 7.94. The Bertz CT molecular complexity index is 1650. The van der Waals surface area contributed by atoms with Crippen molar-refractivity contribution < 1.29 is 16.8 Å². The van der Waals surface area contributed by atoms with Gasteiger partial charge in [-0.2, -0.15) is 0 Å². The Balaban J connectivity index is 1.41. The van der Waals surface area contributed by atoms with Crippen LogP contribution in [0, 0.1) is 27.7 Å². The van der Waals surface area contributed by atoms with Crippen molar-refractivity contribution >= 4 is 31.4 Å². The third-order valence-corrected chi connectivity index (χ3v) is 9.14. The maximum atomic E-state index is 13.1. The molecule has 0 saturated heterocycles. The number of fused-ring (bicyclic) bond motifs is 3. The van der Waals surface area contributed by atoms with Crippen molar-refractivity contribution in [3.8, 4) is 11.1 Å². The molecule has 190 valence electrons. The molecule has 5 rings (SSSR count). The monoisotopic (exact) mass is 530 g/mol. The Morgan fingerprint density at radius 3 is 1.32 bits per heavy atom. The first kappa shape index (κ1) is 25.0. The molecule has 0 heterocycles. The zero-order valence-corrected chi connectivity index (χ0v) is 22.6. The standard InChI is InChI=1S/C29H26N2O4S2/c1-18-5-11-28(20(3)13-18)30-36(32,33)24-7-9-26-22(16-24)15-23-17-25(8-10-27(23)26)37(34,35)31-29-12-6-19(2)14-21(29)4/h5-14,16-17H,15H2,1-4H3/q-2. The predicted octanol–water partition coefficient (Wildman–Crippen LogP) is 7.28. The van der Waals surface area contributed by atoms with Crippen LogP contribution < -0.4 is 0 Å². The van der Waals surface area contributed by atoms with E-state index in [0.717, 1.165) is 44.5 Å². The minimum absolute atomic E-state index is 0.108. The van der Waals surface area contributed by atoms with Crippen LogP contribution in [0.1, 0.15) is 33.4 Å². The van der Waals surface area contributed by atoms with Crippen LogP contribution in [0.5, 0.6) is 0 Å². The molecular weight excluding hydrogens is 504 g/mol. The van der Waals surface area contributed by atoms with Gasteiger partial charge in [-0.05, 0) is 80.6 Å². The fourth-order valence-electron chi connectivity index (χ4n) is 4.66. The van der Waals surface area contributed by atoms with E-state index in [0.29, 0.717) is 17.8 Å².